The van der Waals surface area contributed by atoms with Crippen LogP contribution in [0, 0.1) is 0 Å². The van der Waals surface area contributed by atoms with E-state index in [0.29, 0.717) is 5.92 Å². The highest BCUT2D eigenvalue weighted by molar-refractivity contribution is 6.98. The Morgan fingerprint density at radius 1 is 0.577 bits per heavy atom. The lowest BCUT2D eigenvalue weighted by atomic mass is 9.34. The molecule has 0 atom stereocenters. The highest BCUT2D eigenvalue weighted by Crippen LogP contribution is 2.41. The van der Waals surface area contributed by atoms with E-state index in [1.54, 1.807) is 0 Å². The third-order valence-corrected chi connectivity index (χ3v) is 10.7. The maximum absolute atomic E-state index is 6.91. The first-order valence-corrected chi connectivity index (χ1v) is 17.8. The van der Waals surface area contributed by atoms with Crippen molar-refractivity contribution in [3.05, 3.63) is 151 Å². The summed E-state index contributed by atoms with van der Waals surface area (Å²) in [4.78, 5) is 10.0. The van der Waals surface area contributed by atoms with Gasteiger partial charge in [-0.05, 0) is 101 Å². The molecule has 0 saturated carbocycles. The molecule has 0 unspecified atom stereocenters. The van der Waals surface area contributed by atoms with Crippen LogP contribution in [0.15, 0.2) is 146 Å². The van der Waals surface area contributed by atoms with Crippen LogP contribution in [0.2, 0.25) is 0 Å². The fourth-order valence-electron chi connectivity index (χ4n) is 8.25. The van der Waals surface area contributed by atoms with E-state index in [9.17, 15) is 0 Å². The van der Waals surface area contributed by atoms with Gasteiger partial charge in [-0.3, -0.25) is 9.13 Å². The zero-order chi connectivity index (χ0) is 34.5. The minimum absolute atomic E-state index is 0.132. The first kappa shape index (κ1) is 29.2. The number of ether oxygens (including phenoxy) is 2. The van der Waals surface area contributed by atoms with Gasteiger partial charge < -0.3 is 9.47 Å². The fourth-order valence-corrected chi connectivity index (χ4v) is 8.25. The summed E-state index contributed by atoms with van der Waals surface area (Å²) in [5, 5.41) is 2.28. The zero-order valence-corrected chi connectivity index (χ0v) is 28.6. The summed E-state index contributed by atoms with van der Waals surface area (Å²) >= 11 is 0. The van der Waals surface area contributed by atoms with E-state index in [4.69, 9.17) is 19.4 Å². The fraction of sp³-hybridized carbons (Fsp3) is 0.0667. The Kier molecular flexibility index (Phi) is 6.14. The molecule has 0 saturated heterocycles. The maximum atomic E-state index is 6.91. The Labute approximate surface area is 300 Å². The summed E-state index contributed by atoms with van der Waals surface area (Å²) < 4.78 is 18.2. The molecule has 0 spiro atoms. The number of para-hydroxylation sites is 4. The van der Waals surface area contributed by atoms with Gasteiger partial charge in [0.25, 0.3) is 6.71 Å². The molecule has 0 aliphatic carbocycles. The van der Waals surface area contributed by atoms with Crippen LogP contribution >= 0.6 is 0 Å². The van der Waals surface area contributed by atoms with Gasteiger partial charge in [0.15, 0.2) is 0 Å². The lowest BCUT2D eigenvalue weighted by molar-refractivity contribution is 0.463. The number of imidazole rings is 1. The Morgan fingerprint density at radius 3 is 2.12 bits per heavy atom. The molecule has 246 valence electrons. The SMILES string of the molecule is CC(C)c1cc2c3c(c1)Oc1cc4c5ccccc5n(-c5ccccn5)c4cc1B3c1cc(-c3nc4ccccc4n3-c3ccccc3)ccc1O2. The van der Waals surface area contributed by atoms with Gasteiger partial charge in [0, 0.05) is 33.7 Å². The van der Waals surface area contributed by atoms with Gasteiger partial charge in [-0.2, -0.15) is 0 Å². The molecule has 52 heavy (non-hydrogen) atoms. The van der Waals surface area contributed by atoms with Gasteiger partial charge in [-0.1, -0.05) is 74.5 Å². The molecule has 0 amide bonds. The molecule has 3 aromatic heterocycles. The van der Waals surface area contributed by atoms with Gasteiger partial charge in [0.1, 0.15) is 34.6 Å². The first-order chi connectivity index (χ1) is 25.6. The number of hydrogen-bond acceptors (Lipinski definition) is 4. The Morgan fingerprint density at radius 2 is 1.31 bits per heavy atom. The Hall–Kier alpha value is -6.60. The molecule has 0 bridgehead atoms. The van der Waals surface area contributed by atoms with Crippen molar-refractivity contribution in [3.63, 3.8) is 0 Å². The van der Waals surface area contributed by atoms with E-state index in [2.05, 4.69) is 138 Å². The molecule has 0 radical (unpaired) electrons. The van der Waals surface area contributed by atoms with Crippen molar-refractivity contribution in [1.29, 1.82) is 0 Å². The average molecular weight is 671 g/mol. The van der Waals surface area contributed by atoms with Crippen LogP contribution in [0.4, 0.5) is 0 Å². The molecule has 6 nitrogen and oxygen atoms in total. The third kappa shape index (κ3) is 4.19. The standard InChI is InChI=1S/C45H31BN4O2/c1-27(2)29-23-41-44-42(24-29)52-40-25-32-31-14-6-8-16-36(31)50(43-18-10-11-21-47-43)38(32)26-34(40)46(44)33-22-28(19-20-39(33)51-41)45-48-35-15-7-9-17-37(35)49(45)30-12-4-3-5-13-30/h3-27H,1-2H3. The summed E-state index contributed by atoms with van der Waals surface area (Å²) in [6, 6.07) is 48.9. The summed E-state index contributed by atoms with van der Waals surface area (Å²) in [6.45, 7) is 4.29. The van der Waals surface area contributed by atoms with Crippen molar-refractivity contribution in [2.75, 3.05) is 0 Å². The van der Waals surface area contributed by atoms with Crippen molar-refractivity contribution < 1.29 is 9.47 Å². The van der Waals surface area contributed by atoms with Crippen LogP contribution in [0.1, 0.15) is 25.3 Å². The highest BCUT2D eigenvalue weighted by atomic mass is 16.5. The topological polar surface area (TPSA) is 54.1 Å². The van der Waals surface area contributed by atoms with Crippen LogP contribution < -0.4 is 25.9 Å². The number of hydrogen-bond donors (Lipinski definition) is 0. The number of nitrogens with zero attached hydrogens (tertiary/aromatic N) is 4. The van der Waals surface area contributed by atoms with Gasteiger partial charge >= 0.3 is 0 Å². The second-order valence-corrected chi connectivity index (χ2v) is 14.0. The Bertz CT molecular complexity index is 2890. The van der Waals surface area contributed by atoms with Gasteiger partial charge in [-0.15, -0.1) is 0 Å². The second kappa shape index (κ2) is 11.0. The Balaban J connectivity index is 1.19. The molecule has 6 aromatic carbocycles. The monoisotopic (exact) mass is 670 g/mol. The van der Waals surface area contributed by atoms with Crippen LogP contribution in [0.25, 0.3) is 55.7 Å². The van der Waals surface area contributed by atoms with E-state index in [1.807, 2.05) is 30.5 Å². The number of pyridine rings is 1. The average Bonchev–Trinajstić information content (AvgIpc) is 3.73. The summed E-state index contributed by atoms with van der Waals surface area (Å²) in [6.07, 6.45) is 1.85. The summed E-state index contributed by atoms with van der Waals surface area (Å²) in [5.74, 6) is 5.46. The molecular formula is C45H31BN4O2. The smallest absolute Gasteiger partial charge is 0.260 e. The van der Waals surface area contributed by atoms with Crippen LogP contribution in [0.3, 0.4) is 0 Å². The molecule has 5 heterocycles. The molecule has 0 fully saturated rings. The van der Waals surface area contributed by atoms with Crippen LogP contribution in [-0.2, 0) is 0 Å². The maximum Gasteiger partial charge on any atom is 0.260 e. The van der Waals surface area contributed by atoms with E-state index in [0.717, 1.165) is 95.1 Å². The molecule has 9 aromatic rings. The number of fused-ring (bicyclic) bond motifs is 8. The minimum atomic E-state index is -0.132. The molecule has 2 aliphatic heterocycles. The predicted molar refractivity (Wildman–Crippen MR) is 210 cm³/mol. The third-order valence-electron chi connectivity index (χ3n) is 10.7. The molecule has 7 heteroatoms. The first-order valence-electron chi connectivity index (χ1n) is 17.8. The molecular weight excluding hydrogens is 639 g/mol. The lowest BCUT2D eigenvalue weighted by Gasteiger charge is -2.34. The van der Waals surface area contributed by atoms with E-state index in [1.165, 1.54) is 5.56 Å². The molecule has 0 N–H and O–H groups in total. The van der Waals surface area contributed by atoms with Crippen molar-refractivity contribution >= 4 is 55.9 Å². The van der Waals surface area contributed by atoms with E-state index in [-0.39, 0.29) is 6.71 Å². The van der Waals surface area contributed by atoms with E-state index < -0.39 is 0 Å². The van der Waals surface area contributed by atoms with Crippen molar-refractivity contribution in [2.45, 2.75) is 19.8 Å². The van der Waals surface area contributed by atoms with Crippen LogP contribution in [0.5, 0.6) is 23.0 Å². The number of rotatable bonds is 4. The lowest BCUT2D eigenvalue weighted by Crippen LogP contribution is -2.57. The van der Waals surface area contributed by atoms with Gasteiger partial charge in [0.05, 0.1) is 22.1 Å². The van der Waals surface area contributed by atoms with Crippen LogP contribution in [-0.4, -0.2) is 25.8 Å². The normalized spacial score (nSPS) is 12.9. The minimum Gasteiger partial charge on any atom is -0.458 e. The highest BCUT2D eigenvalue weighted by Gasteiger charge is 2.41. The molecule has 2 aliphatic rings. The predicted octanol–water partition coefficient (Wildman–Crippen LogP) is 9.04. The summed E-state index contributed by atoms with van der Waals surface area (Å²) in [5.41, 5.74) is 10.7. The van der Waals surface area contributed by atoms with Crippen molar-refractivity contribution in [3.8, 4) is 45.9 Å². The number of aromatic nitrogens is 4. The van der Waals surface area contributed by atoms with E-state index >= 15 is 0 Å². The second-order valence-electron chi connectivity index (χ2n) is 14.0. The quantitative estimate of drug-likeness (QED) is 0.176. The molecule has 11 rings (SSSR count). The van der Waals surface area contributed by atoms with Gasteiger partial charge in [-0.25, -0.2) is 9.97 Å². The largest absolute Gasteiger partial charge is 0.458 e. The summed E-state index contributed by atoms with van der Waals surface area (Å²) in [7, 11) is 0. The van der Waals surface area contributed by atoms with Gasteiger partial charge in [0.2, 0.25) is 0 Å². The van der Waals surface area contributed by atoms with Crippen molar-refractivity contribution in [2.24, 2.45) is 0 Å². The number of benzene rings is 6. The zero-order valence-electron chi connectivity index (χ0n) is 28.6. The van der Waals surface area contributed by atoms with Crippen molar-refractivity contribution in [1.82, 2.24) is 19.1 Å².